The molecule has 0 unspecified atom stereocenters. The van der Waals surface area contributed by atoms with Gasteiger partial charge in [-0.1, -0.05) is 23.1 Å². The van der Waals surface area contributed by atoms with E-state index in [1.54, 1.807) is 35.2 Å². The third-order valence-corrected chi connectivity index (χ3v) is 5.47. The fourth-order valence-corrected chi connectivity index (χ4v) is 4.20. The second-order valence-electron chi connectivity index (χ2n) is 4.79. The monoisotopic (exact) mass is 392 g/mol. The minimum Gasteiger partial charge on any atom is -0.459 e. The summed E-state index contributed by atoms with van der Waals surface area (Å²) in [5.41, 5.74) is 0.715. The Bertz CT molecular complexity index is 1040. The molecule has 0 saturated heterocycles. The van der Waals surface area contributed by atoms with Crippen LogP contribution in [0.25, 0.3) is 17.3 Å². The van der Waals surface area contributed by atoms with Crippen molar-refractivity contribution in [2.75, 3.05) is 0 Å². The Hall–Kier alpha value is -2.30. The highest BCUT2D eigenvalue weighted by molar-refractivity contribution is 8.00. The maximum absolute atomic E-state index is 13.0. The first-order valence-electron chi connectivity index (χ1n) is 7.04. The van der Waals surface area contributed by atoms with E-state index in [2.05, 4.69) is 15.3 Å². The van der Waals surface area contributed by atoms with Gasteiger partial charge in [-0.25, -0.2) is 9.07 Å². The number of rotatable bonds is 5. The number of furan rings is 1. The van der Waals surface area contributed by atoms with Crippen LogP contribution >= 0.6 is 35.3 Å². The summed E-state index contributed by atoms with van der Waals surface area (Å²) in [5, 5.41) is 12.4. The molecule has 25 heavy (non-hydrogen) atoms. The molecule has 0 aliphatic carbocycles. The van der Waals surface area contributed by atoms with Crippen LogP contribution in [0.4, 0.5) is 4.39 Å². The van der Waals surface area contributed by atoms with Crippen LogP contribution in [0.1, 0.15) is 5.89 Å². The number of benzene rings is 1. The largest absolute Gasteiger partial charge is 0.459 e. The highest BCUT2D eigenvalue weighted by Gasteiger charge is 2.13. The van der Waals surface area contributed by atoms with Gasteiger partial charge in [0, 0.05) is 0 Å². The highest BCUT2D eigenvalue weighted by Crippen LogP contribution is 2.28. The summed E-state index contributed by atoms with van der Waals surface area (Å²) in [5.74, 6) is 1.49. The fraction of sp³-hybridized carbons (Fsp3) is 0.0667. The lowest BCUT2D eigenvalue weighted by molar-refractivity contribution is 0.494. The molecule has 1 aromatic carbocycles. The molecule has 0 spiro atoms. The van der Waals surface area contributed by atoms with Crippen LogP contribution in [-0.2, 0) is 5.75 Å². The van der Waals surface area contributed by atoms with E-state index in [9.17, 15) is 4.39 Å². The van der Waals surface area contributed by atoms with Crippen LogP contribution in [0.3, 0.4) is 0 Å². The van der Waals surface area contributed by atoms with E-state index in [0.717, 1.165) is 4.34 Å². The zero-order valence-electron chi connectivity index (χ0n) is 12.5. The molecule has 0 bridgehead atoms. The van der Waals surface area contributed by atoms with Crippen LogP contribution in [0.15, 0.2) is 55.8 Å². The van der Waals surface area contributed by atoms with Gasteiger partial charge in [-0.2, -0.15) is 0 Å². The molecule has 6 nitrogen and oxygen atoms in total. The van der Waals surface area contributed by atoms with Crippen molar-refractivity contribution in [2.24, 2.45) is 0 Å². The van der Waals surface area contributed by atoms with Crippen molar-refractivity contribution in [3.05, 3.63) is 58.3 Å². The minimum atomic E-state index is -0.302. The summed E-state index contributed by atoms with van der Waals surface area (Å²) >= 11 is 8.13. The van der Waals surface area contributed by atoms with Gasteiger partial charge in [0.05, 0.1) is 17.7 Å². The van der Waals surface area contributed by atoms with Crippen molar-refractivity contribution in [2.45, 2.75) is 10.1 Å². The topological polar surface area (TPSA) is 69.9 Å². The third-order valence-electron chi connectivity index (χ3n) is 3.12. The number of hydrogen-bond donors (Lipinski definition) is 0. The number of nitrogens with zero attached hydrogens (tertiary/aromatic N) is 4. The summed E-state index contributed by atoms with van der Waals surface area (Å²) in [6.45, 7) is 0. The Kier molecular flexibility index (Phi) is 4.47. The summed E-state index contributed by atoms with van der Waals surface area (Å²) in [7, 11) is 0. The van der Waals surface area contributed by atoms with E-state index in [0.29, 0.717) is 32.9 Å². The van der Waals surface area contributed by atoms with Gasteiger partial charge in [-0.05, 0) is 48.6 Å². The maximum atomic E-state index is 13.0. The van der Waals surface area contributed by atoms with E-state index in [1.807, 2.05) is 0 Å². The second kappa shape index (κ2) is 6.90. The average molecular weight is 392 g/mol. The predicted octanol–water partition coefficient (Wildman–Crippen LogP) is 4.74. The van der Waals surface area contributed by atoms with Crippen molar-refractivity contribution in [3.63, 3.8) is 0 Å². The standard InChI is InChI=1S/C15H9FN4O2S3/c16-9-3-5-10(6-4-9)20-15(23)25-14(19-20)24-8-12-17-18-13(22-12)11-2-1-7-21-11/h1-7H,8H2. The molecule has 0 atom stereocenters. The van der Waals surface area contributed by atoms with E-state index < -0.39 is 0 Å². The first-order valence-corrected chi connectivity index (χ1v) is 9.25. The van der Waals surface area contributed by atoms with Crippen molar-refractivity contribution in [1.29, 1.82) is 0 Å². The van der Waals surface area contributed by atoms with Crippen LogP contribution < -0.4 is 0 Å². The molecule has 3 heterocycles. The molecule has 0 aliphatic rings. The van der Waals surface area contributed by atoms with Gasteiger partial charge in [0.2, 0.25) is 5.89 Å². The molecule has 126 valence electrons. The molecule has 0 aliphatic heterocycles. The molecular weight excluding hydrogens is 383 g/mol. The molecule has 4 aromatic rings. The number of aromatic nitrogens is 4. The fourth-order valence-electron chi connectivity index (χ4n) is 2.00. The molecular formula is C15H9FN4O2S3. The van der Waals surface area contributed by atoms with Gasteiger partial charge < -0.3 is 8.83 Å². The predicted molar refractivity (Wildman–Crippen MR) is 93.8 cm³/mol. The zero-order chi connectivity index (χ0) is 17.2. The Labute approximate surface area is 154 Å². The molecule has 0 radical (unpaired) electrons. The lowest BCUT2D eigenvalue weighted by Crippen LogP contribution is -1.96. The molecule has 4 rings (SSSR count). The van der Waals surface area contributed by atoms with Gasteiger partial charge in [0.15, 0.2) is 14.1 Å². The van der Waals surface area contributed by atoms with Crippen LogP contribution in [0.2, 0.25) is 0 Å². The van der Waals surface area contributed by atoms with E-state index >= 15 is 0 Å². The zero-order valence-corrected chi connectivity index (χ0v) is 14.9. The van der Waals surface area contributed by atoms with Crippen LogP contribution in [0, 0.1) is 9.77 Å². The Morgan fingerprint density at radius 1 is 1.20 bits per heavy atom. The van der Waals surface area contributed by atoms with Crippen molar-refractivity contribution in [1.82, 2.24) is 20.0 Å². The summed E-state index contributed by atoms with van der Waals surface area (Å²) in [6.07, 6.45) is 1.54. The van der Waals surface area contributed by atoms with E-state index in [4.69, 9.17) is 21.1 Å². The third kappa shape index (κ3) is 3.55. The molecule has 10 heteroatoms. The first kappa shape index (κ1) is 16.2. The smallest absolute Gasteiger partial charge is 0.283 e. The van der Waals surface area contributed by atoms with E-state index in [1.165, 1.54) is 35.2 Å². The maximum Gasteiger partial charge on any atom is 0.283 e. The number of hydrogen-bond acceptors (Lipinski definition) is 8. The highest BCUT2D eigenvalue weighted by atomic mass is 32.2. The van der Waals surface area contributed by atoms with E-state index in [-0.39, 0.29) is 5.82 Å². The lowest BCUT2D eigenvalue weighted by atomic mass is 10.3. The molecule has 0 saturated carbocycles. The molecule has 3 aromatic heterocycles. The Morgan fingerprint density at radius 2 is 2.04 bits per heavy atom. The van der Waals surface area contributed by atoms with Gasteiger partial charge in [-0.3, -0.25) is 0 Å². The van der Waals surface area contributed by atoms with Crippen LogP contribution in [0.5, 0.6) is 0 Å². The van der Waals surface area contributed by atoms with Gasteiger partial charge in [-0.15, -0.1) is 15.3 Å². The Morgan fingerprint density at radius 3 is 2.80 bits per heavy atom. The lowest BCUT2D eigenvalue weighted by Gasteiger charge is -1.99. The van der Waals surface area contributed by atoms with Gasteiger partial charge in [0.1, 0.15) is 5.82 Å². The summed E-state index contributed by atoms with van der Waals surface area (Å²) in [4.78, 5) is 0. The van der Waals surface area contributed by atoms with Gasteiger partial charge >= 0.3 is 0 Å². The summed E-state index contributed by atoms with van der Waals surface area (Å²) in [6, 6.07) is 9.51. The first-order chi connectivity index (χ1) is 12.2. The van der Waals surface area contributed by atoms with Crippen molar-refractivity contribution >= 4 is 35.3 Å². The minimum absolute atomic E-state index is 0.302. The quantitative estimate of drug-likeness (QED) is 0.359. The molecule has 0 fully saturated rings. The van der Waals surface area contributed by atoms with Crippen molar-refractivity contribution < 1.29 is 13.2 Å². The van der Waals surface area contributed by atoms with Gasteiger partial charge in [0.25, 0.3) is 5.89 Å². The molecule has 0 amide bonds. The van der Waals surface area contributed by atoms with Crippen molar-refractivity contribution in [3.8, 4) is 17.3 Å². The second-order valence-corrected chi connectivity index (χ2v) is 7.63. The summed E-state index contributed by atoms with van der Waals surface area (Å²) < 4.78 is 26.7. The SMILES string of the molecule is Fc1ccc(-n2nc(SCc3nnc(-c4ccco4)o3)sc2=S)cc1. The molecule has 0 N–H and O–H groups in total. The number of halogens is 1. The number of thioether (sulfide) groups is 1. The average Bonchev–Trinajstić information content (AvgIpc) is 3.34. The Balaban J connectivity index is 1.48. The van der Waals surface area contributed by atoms with Crippen LogP contribution in [-0.4, -0.2) is 20.0 Å². The normalized spacial score (nSPS) is 11.1.